The van der Waals surface area contributed by atoms with Gasteiger partial charge in [0.1, 0.15) is 0 Å². The smallest absolute Gasteiger partial charge is 0.377 e. The van der Waals surface area contributed by atoms with Gasteiger partial charge in [0.05, 0.1) is 12.7 Å². The standard InChI is InChI=1S/C14H26F3NO/c1-12(6-5-9-14(15,16)17)18-10-11-19-13-7-3-2-4-8-13/h12-13,18H,2-11H2,1H3. The highest BCUT2D eigenvalue weighted by Gasteiger charge is 2.26. The van der Waals surface area contributed by atoms with E-state index >= 15 is 0 Å². The molecule has 1 atom stereocenters. The molecule has 1 rings (SSSR count). The molecule has 0 heterocycles. The fourth-order valence-corrected chi connectivity index (χ4v) is 2.47. The lowest BCUT2D eigenvalue weighted by Gasteiger charge is -2.22. The van der Waals surface area contributed by atoms with Crippen molar-refractivity contribution in [3.63, 3.8) is 0 Å². The fourth-order valence-electron chi connectivity index (χ4n) is 2.47. The van der Waals surface area contributed by atoms with E-state index in [1.807, 2.05) is 6.92 Å². The predicted octanol–water partition coefficient (Wildman–Crippen LogP) is 4.05. The summed E-state index contributed by atoms with van der Waals surface area (Å²) >= 11 is 0. The second kappa shape index (κ2) is 8.80. The van der Waals surface area contributed by atoms with Crippen molar-refractivity contribution in [1.82, 2.24) is 5.32 Å². The van der Waals surface area contributed by atoms with Gasteiger partial charge in [0.25, 0.3) is 0 Å². The van der Waals surface area contributed by atoms with Gasteiger partial charge in [-0.05, 0) is 32.6 Å². The number of ether oxygens (including phenoxy) is 1. The van der Waals surface area contributed by atoms with E-state index in [0.717, 1.165) is 19.4 Å². The predicted molar refractivity (Wildman–Crippen MR) is 70.2 cm³/mol. The number of nitrogens with one attached hydrogen (secondary N) is 1. The fraction of sp³-hybridized carbons (Fsp3) is 1.00. The number of hydrogen-bond acceptors (Lipinski definition) is 2. The first kappa shape index (κ1) is 16.8. The first-order valence-electron chi connectivity index (χ1n) is 7.39. The summed E-state index contributed by atoms with van der Waals surface area (Å²) in [6, 6.07) is 0.123. The van der Waals surface area contributed by atoms with Crippen LogP contribution in [0.15, 0.2) is 0 Å². The van der Waals surface area contributed by atoms with Crippen molar-refractivity contribution in [3.05, 3.63) is 0 Å². The van der Waals surface area contributed by atoms with Crippen LogP contribution in [0, 0.1) is 0 Å². The molecule has 0 aliphatic heterocycles. The molecule has 0 bridgehead atoms. The van der Waals surface area contributed by atoms with Crippen molar-refractivity contribution in [2.24, 2.45) is 0 Å². The normalized spacial score (nSPS) is 19.6. The van der Waals surface area contributed by atoms with Crippen LogP contribution in [0.2, 0.25) is 0 Å². The van der Waals surface area contributed by atoms with E-state index < -0.39 is 12.6 Å². The van der Waals surface area contributed by atoms with Crippen molar-refractivity contribution in [2.45, 2.75) is 76.6 Å². The van der Waals surface area contributed by atoms with E-state index in [-0.39, 0.29) is 12.5 Å². The highest BCUT2D eigenvalue weighted by molar-refractivity contribution is 4.66. The Bertz CT molecular complexity index is 227. The third kappa shape index (κ3) is 9.27. The first-order valence-corrected chi connectivity index (χ1v) is 7.39. The molecule has 0 amide bonds. The molecule has 0 aromatic rings. The maximum absolute atomic E-state index is 12.0. The van der Waals surface area contributed by atoms with E-state index in [1.165, 1.54) is 19.3 Å². The van der Waals surface area contributed by atoms with Gasteiger partial charge in [0.2, 0.25) is 0 Å². The second-order valence-electron chi connectivity index (χ2n) is 5.49. The van der Waals surface area contributed by atoms with Gasteiger partial charge in [0, 0.05) is 19.0 Å². The molecule has 0 spiro atoms. The number of halogens is 3. The summed E-state index contributed by atoms with van der Waals surface area (Å²) in [6.45, 7) is 3.31. The summed E-state index contributed by atoms with van der Waals surface area (Å²) in [5.74, 6) is 0. The lowest BCUT2D eigenvalue weighted by atomic mass is 9.98. The summed E-state index contributed by atoms with van der Waals surface area (Å²) < 4.78 is 41.7. The largest absolute Gasteiger partial charge is 0.389 e. The molecule has 0 radical (unpaired) electrons. The van der Waals surface area contributed by atoms with Gasteiger partial charge in [-0.2, -0.15) is 13.2 Å². The molecule has 1 unspecified atom stereocenters. The third-order valence-corrected chi connectivity index (χ3v) is 3.60. The minimum Gasteiger partial charge on any atom is -0.377 e. The van der Waals surface area contributed by atoms with Gasteiger partial charge in [0.15, 0.2) is 0 Å². The third-order valence-electron chi connectivity index (χ3n) is 3.60. The highest BCUT2D eigenvalue weighted by atomic mass is 19.4. The summed E-state index contributed by atoms with van der Waals surface area (Å²) in [6.07, 6.45) is 2.58. The molecule has 1 fully saturated rings. The van der Waals surface area contributed by atoms with Gasteiger partial charge < -0.3 is 10.1 Å². The Morgan fingerprint density at radius 3 is 2.53 bits per heavy atom. The molecule has 1 aliphatic carbocycles. The first-order chi connectivity index (χ1) is 8.97. The van der Waals surface area contributed by atoms with Crippen molar-refractivity contribution in [2.75, 3.05) is 13.2 Å². The zero-order valence-electron chi connectivity index (χ0n) is 11.8. The maximum Gasteiger partial charge on any atom is 0.389 e. The zero-order chi connectivity index (χ0) is 14.1. The maximum atomic E-state index is 12.0. The molecule has 0 saturated heterocycles. The van der Waals surface area contributed by atoms with Crippen LogP contribution in [0.25, 0.3) is 0 Å². The molecule has 1 aliphatic rings. The van der Waals surface area contributed by atoms with Crippen molar-refractivity contribution in [1.29, 1.82) is 0 Å². The molecule has 0 aromatic heterocycles. The number of hydrogen-bond donors (Lipinski definition) is 1. The zero-order valence-corrected chi connectivity index (χ0v) is 11.8. The second-order valence-corrected chi connectivity index (χ2v) is 5.49. The van der Waals surface area contributed by atoms with Gasteiger partial charge in [-0.25, -0.2) is 0 Å². The van der Waals surface area contributed by atoms with Crippen LogP contribution in [0.4, 0.5) is 13.2 Å². The monoisotopic (exact) mass is 281 g/mol. The Hall–Kier alpha value is -0.290. The van der Waals surface area contributed by atoms with E-state index in [2.05, 4.69) is 5.32 Å². The average Bonchev–Trinajstić information content (AvgIpc) is 2.34. The molecule has 0 aromatic carbocycles. The Balaban J connectivity index is 1.93. The molecule has 1 N–H and O–H groups in total. The molecule has 5 heteroatoms. The molecular formula is C14H26F3NO. The Kier molecular flexibility index (Phi) is 7.76. The Morgan fingerprint density at radius 2 is 1.89 bits per heavy atom. The lowest BCUT2D eigenvalue weighted by molar-refractivity contribution is -0.135. The van der Waals surface area contributed by atoms with Gasteiger partial charge in [-0.1, -0.05) is 19.3 Å². The van der Waals surface area contributed by atoms with Crippen molar-refractivity contribution in [3.8, 4) is 0 Å². The molecule has 114 valence electrons. The summed E-state index contributed by atoms with van der Waals surface area (Å²) in [5, 5.41) is 3.22. The number of rotatable bonds is 8. The summed E-state index contributed by atoms with van der Waals surface area (Å²) in [4.78, 5) is 0. The van der Waals surface area contributed by atoms with Crippen LogP contribution in [0.3, 0.4) is 0 Å². The van der Waals surface area contributed by atoms with Crippen molar-refractivity contribution < 1.29 is 17.9 Å². The van der Waals surface area contributed by atoms with E-state index in [9.17, 15) is 13.2 Å². The van der Waals surface area contributed by atoms with Crippen LogP contribution in [-0.4, -0.2) is 31.5 Å². The van der Waals surface area contributed by atoms with Crippen LogP contribution in [0.1, 0.15) is 58.3 Å². The van der Waals surface area contributed by atoms with Gasteiger partial charge >= 0.3 is 6.18 Å². The highest BCUT2D eigenvalue weighted by Crippen LogP contribution is 2.22. The van der Waals surface area contributed by atoms with Crippen molar-refractivity contribution >= 4 is 0 Å². The quantitative estimate of drug-likeness (QED) is 0.678. The minimum absolute atomic E-state index is 0.123. The summed E-state index contributed by atoms with van der Waals surface area (Å²) in [5.41, 5.74) is 0. The number of alkyl halides is 3. The van der Waals surface area contributed by atoms with E-state index in [4.69, 9.17) is 4.74 Å². The minimum atomic E-state index is -4.02. The van der Waals surface area contributed by atoms with E-state index in [0.29, 0.717) is 19.1 Å². The Labute approximate surface area is 114 Å². The summed E-state index contributed by atoms with van der Waals surface area (Å²) in [7, 11) is 0. The molecule has 2 nitrogen and oxygen atoms in total. The van der Waals surface area contributed by atoms with Gasteiger partial charge in [-0.3, -0.25) is 0 Å². The average molecular weight is 281 g/mol. The molecular weight excluding hydrogens is 255 g/mol. The molecule has 19 heavy (non-hydrogen) atoms. The Morgan fingerprint density at radius 1 is 1.21 bits per heavy atom. The molecule has 1 saturated carbocycles. The van der Waals surface area contributed by atoms with Crippen LogP contribution < -0.4 is 5.32 Å². The van der Waals surface area contributed by atoms with Gasteiger partial charge in [-0.15, -0.1) is 0 Å². The lowest BCUT2D eigenvalue weighted by Crippen LogP contribution is -2.31. The van der Waals surface area contributed by atoms with E-state index in [1.54, 1.807) is 0 Å². The van der Waals surface area contributed by atoms with Crippen LogP contribution in [0.5, 0.6) is 0 Å². The SMILES string of the molecule is CC(CCCC(F)(F)F)NCCOC1CCCCC1. The van der Waals surface area contributed by atoms with Crippen LogP contribution in [-0.2, 0) is 4.74 Å². The topological polar surface area (TPSA) is 21.3 Å². The van der Waals surface area contributed by atoms with Crippen LogP contribution >= 0.6 is 0 Å².